The van der Waals surface area contributed by atoms with Crippen LogP contribution in [0.1, 0.15) is 100 Å². The van der Waals surface area contributed by atoms with E-state index in [-0.39, 0.29) is 42.7 Å². The van der Waals surface area contributed by atoms with Gasteiger partial charge in [0.05, 0.1) is 22.8 Å². The number of rotatable bonds is 0. The summed E-state index contributed by atoms with van der Waals surface area (Å²) in [6.45, 7) is 17.5. The molecule has 0 atom stereocenters. The molecule has 0 spiro atoms. The maximum atomic E-state index is 5.19. The third-order valence-corrected chi connectivity index (χ3v) is 8.11. The zero-order valence-electron chi connectivity index (χ0n) is 22.9. The van der Waals surface area contributed by atoms with Crippen LogP contribution in [0, 0.1) is 12.1 Å². The summed E-state index contributed by atoms with van der Waals surface area (Å²) < 4.78 is 0. The molecule has 4 nitrogen and oxygen atoms in total. The minimum Gasteiger partial charge on any atom is -0.261 e. The van der Waals surface area contributed by atoms with Gasteiger partial charge >= 0.3 is 21.1 Å². The summed E-state index contributed by atoms with van der Waals surface area (Å²) in [6.07, 6.45) is 7.53. The van der Waals surface area contributed by atoms with Crippen LogP contribution in [-0.2, 0) is 42.7 Å². The monoisotopic (exact) mass is 669 g/mol. The van der Waals surface area contributed by atoms with Gasteiger partial charge in [-0.15, -0.1) is 0 Å². The van der Waals surface area contributed by atoms with Gasteiger partial charge in [0.25, 0.3) is 0 Å². The van der Waals surface area contributed by atoms with E-state index in [0.29, 0.717) is 0 Å². The maximum absolute atomic E-state index is 5.19. The van der Waals surface area contributed by atoms with E-state index in [1.165, 1.54) is 0 Å². The summed E-state index contributed by atoms with van der Waals surface area (Å²) in [7, 11) is 0. The summed E-state index contributed by atoms with van der Waals surface area (Å²) in [5.74, 6) is 0. The Morgan fingerprint density at radius 3 is 0.946 bits per heavy atom. The molecule has 8 bridgehead atoms. The minimum atomic E-state index is -0.386. The Hall–Kier alpha value is -2.71. The molecule has 5 rings (SSSR count). The van der Waals surface area contributed by atoms with E-state index in [4.69, 9.17) is 9.97 Å². The molecule has 0 radical (unpaired) electrons. The number of hydrogen-bond acceptors (Lipinski definition) is 4. The van der Waals surface area contributed by atoms with Crippen LogP contribution < -0.4 is 0 Å². The standard InChI is InChI=1S/C32H34N4.Pt/c1-29(2)21-11-9-12-22(15-21)30(3,4)27-19-34-20-28(36-27)32(7,8)24-14-10-13-23(16-24)31(5,6)26-18-33-17-25(29)35-26;/h9-14,17-20H,1-8H3;/q-2;+2. The van der Waals surface area contributed by atoms with Crippen LogP contribution >= 0.6 is 0 Å². The summed E-state index contributed by atoms with van der Waals surface area (Å²) in [6, 6.07) is 20.2. The Morgan fingerprint density at radius 1 is 0.459 bits per heavy atom. The van der Waals surface area contributed by atoms with E-state index >= 15 is 0 Å². The number of fused-ring (bicyclic) bond motifs is 8. The Bertz CT molecular complexity index is 1150. The first-order chi connectivity index (χ1) is 16.8. The molecule has 5 heteroatoms. The van der Waals surface area contributed by atoms with Gasteiger partial charge < -0.3 is 0 Å². The fourth-order valence-electron chi connectivity index (χ4n) is 4.88. The van der Waals surface area contributed by atoms with Gasteiger partial charge in [0, 0.05) is 46.4 Å². The summed E-state index contributed by atoms with van der Waals surface area (Å²) >= 11 is 0. The van der Waals surface area contributed by atoms with Crippen molar-refractivity contribution in [1.82, 2.24) is 19.9 Å². The summed E-state index contributed by atoms with van der Waals surface area (Å²) in [5, 5.41) is 0. The van der Waals surface area contributed by atoms with Crippen molar-refractivity contribution < 1.29 is 21.1 Å². The van der Waals surface area contributed by atoms with Crippen molar-refractivity contribution in [2.24, 2.45) is 0 Å². The number of nitrogens with zero attached hydrogens (tertiary/aromatic N) is 4. The Labute approximate surface area is 235 Å². The molecule has 37 heavy (non-hydrogen) atoms. The number of aromatic nitrogens is 4. The van der Waals surface area contributed by atoms with Gasteiger partial charge in [-0.2, -0.15) is 70.8 Å². The van der Waals surface area contributed by atoms with Gasteiger partial charge in [-0.05, 0) is 0 Å². The Kier molecular flexibility index (Phi) is 6.82. The van der Waals surface area contributed by atoms with Crippen molar-refractivity contribution in [1.29, 1.82) is 0 Å². The van der Waals surface area contributed by atoms with E-state index in [0.717, 1.165) is 45.0 Å². The molecule has 0 fully saturated rings. The SMILES string of the molecule is CC1(C)c2[c-]c(ccc2)C(C)(C)c2cncc(n2)C(C)(C)c2[c-]c(ccc2)C(C)(C)c2cncc1n2.[Pt+2]. The van der Waals surface area contributed by atoms with Gasteiger partial charge in [-0.1, -0.05) is 55.4 Å². The van der Waals surface area contributed by atoms with E-state index in [1.807, 2.05) is 24.8 Å². The largest absolute Gasteiger partial charge is 2.00 e. The average Bonchev–Trinajstić information content (AvgIpc) is 2.88. The number of benzene rings is 2. The predicted octanol–water partition coefficient (Wildman–Crippen LogP) is 6.48. The number of hydrogen-bond donors (Lipinski definition) is 0. The summed E-state index contributed by atoms with van der Waals surface area (Å²) in [5.41, 5.74) is 6.43. The van der Waals surface area contributed by atoms with Crippen LogP contribution in [0.4, 0.5) is 0 Å². The molecule has 1 aliphatic rings. The van der Waals surface area contributed by atoms with Gasteiger partial charge in [0.1, 0.15) is 0 Å². The maximum Gasteiger partial charge on any atom is 2.00 e. The second-order valence-corrected chi connectivity index (χ2v) is 12.0. The molecule has 1 aliphatic heterocycles. The second kappa shape index (κ2) is 9.24. The molecular formula is C32H34N4Pt. The molecule has 0 unspecified atom stereocenters. The smallest absolute Gasteiger partial charge is 0.261 e. The van der Waals surface area contributed by atoms with E-state index in [9.17, 15) is 0 Å². The van der Waals surface area contributed by atoms with Crippen LogP contribution in [0.2, 0.25) is 0 Å². The van der Waals surface area contributed by atoms with Crippen molar-refractivity contribution in [2.45, 2.75) is 77.0 Å². The minimum absolute atomic E-state index is 0. The van der Waals surface area contributed by atoms with Crippen LogP contribution in [0.3, 0.4) is 0 Å². The summed E-state index contributed by atoms with van der Waals surface area (Å²) in [4.78, 5) is 19.7. The van der Waals surface area contributed by atoms with Crippen molar-refractivity contribution >= 4 is 0 Å². The Balaban J connectivity index is 0.00000320. The zero-order chi connectivity index (χ0) is 25.9. The van der Waals surface area contributed by atoms with Gasteiger partial charge in [-0.3, -0.25) is 19.9 Å². The normalized spacial score (nSPS) is 18.4. The van der Waals surface area contributed by atoms with Gasteiger partial charge in [0.15, 0.2) is 0 Å². The quantitative estimate of drug-likeness (QED) is 0.201. The van der Waals surface area contributed by atoms with Crippen molar-refractivity contribution in [3.05, 3.63) is 118 Å². The molecule has 3 heterocycles. The van der Waals surface area contributed by atoms with Gasteiger partial charge in [-0.25, -0.2) is 0 Å². The topological polar surface area (TPSA) is 51.6 Å². The van der Waals surface area contributed by atoms with E-state index in [1.54, 1.807) is 0 Å². The predicted molar refractivity (Wildman–Crippen MR) is 143 cm³/mol. The first-order valence-electron chi connectivity index (χ1n) is 12.6. The third kappa shape index (κ3) is 4.48. The molecule has 0 saturated heterocycles. The zero-order valence-corrected chi connectivity index (χ0v) is 25.2. The molecular weight excluding hydrogens is 635 g/mol. The van der Waals surface area contributed by atoms with Crippen LogP contribution in [0.15, 0.2) is 61.2 Å². The van der Waals surface area contributed by atoms with Crippen LogP contribution in [0.25, 0.3) is 0 Å². The first-order valence-corrected chi connectivity index (χ1v) is 12.6. The average molecular weight is 670 g/mol. The van der Waals surface area contributed by atoms with Crippen molar-refractivity contribution in [3.8, 4) is 0 Å². The molecule has 0 N–H and O–H groups in total. The first kappa shape index (κ1) is 27.3. The molecule has 0 aliphatic carbocycles. The van der Waals surface area contributed by atoms with Crippen LogP contribution in [-0.4, -0.2) is 19.9 Å². The molecule has 0 saturated carbocycles. The molecule has 2 aromatic carbocycles. The fourth-order valence-corrected chi connectivity index (χ4v) is 4.88. The molecule has 4 aromatic rings. The van der Waals surface area contributed by atoms with Gasteiger partial charge in [0.2, 0.25) is 0 Å². The molecule has 0 amide bonds. The van der Waals surface area contributed by atoms with Crippen LogP contribution in [0.5, 0.6) is 0 Å². The third-order valence-electron chi connectivity index (χ3n) is 8.11. The molecule has 2 aromatic heterocycles. The fraction of sp³-hybridized carbons (Fsp3) is 0.375. The van der Waals surface area contributed by atoms with E-state index in [2.05, 4.69) is 114 Å². The van der Waals surface area contributed by atoms with Crippen molar-refractivity contribution in [2.75, 3.05) is 0 Å². The molecule has 192 valence electrons. The van der Waals surface area contributed by atoms with E-state index < -0.39 is 0 Å². The Morgan fingerprint density at radius 2 is 0.703 bits per heavy atom. The van der Waals surface area contributed by atoms with Crippen molar-refractivity contribution in [3.63, 3.8) is 0 Å². The second-order valence-electron chi connectivity index (χ2n) is 12.0.